The van der Waals surface area contributed by atoms with Crippen molar-refractivity contribution in [3.63, 3.8) is 0 Å². The van der Waals surface area contributed by atoms with E-state index in [0.29, 0.717) is 46.8 Å². The van der Waals surface area contributed by atoms with Crippen molar-refractivity contribution in [2.75, 3.05) is 42.6 Å². The Balaban J connectivity index is 1.13. The van der Waals surface area contributed by atoms with Gasteiger partial charge >= 0.3 is 0 Å². The smallest absolute Gasteiger partial charge is 0.261 e. The standard InChI is InChI=1S/C45H48FN7OSSi/c1-6-53(44-51-42(41(26-47)55-44)32-18-17-30(2)49-27-32)40-25-39(31-19-20-31)50-43-37(40)23-34(24-38(43)46)52-22-21-48-33(28-52)29-54-56(45(3,4)5,35-13-9-7-10-14-35)36-15-11-8-12-16-36/h7-18,23-25,27,31,33,48H,6,19-22,28-29H2,1-5H3/t33-/m0/s1. The van der Waals surface area contributed by atoms with Crippen LogP contribution in [-0.2, 0) is 4.43 Å². The molecule has 3 aromatic heterocycles. The summed E-state index contributed by atoms with van der Waals surface area (Å²) < 4.78 is 23.8. The van der Waals surface area contributed by atoms with Crippen molar-refractivity contribution in [3.8, 4) is 17.3 Å². The summed E-state index contributed by atoms with van der Waals surface area (Å²) in [6.07, 6.45) is 3.85. The van der Waals surface area contributed by atoms with Crippen LogP contribution in [0.2, 0.25) is 5.04 Å². The van der Waals surface area contributed by atoms with Gasteiger partial charge in [-0.25, -0.2) is 14.4 Å². The highest BCUT2D eigenvalue weighted by Gasteiger charge is 2.50. The third-order valence-corrected chi connectivity index (χ3v) is 17.1. The number of nitrogens with zero attached hydrogens (tertiary/aromatic N) is 6. The molecule has 2 fully saturated rings. The summed E-state index contributed by atoms with van der Waals surface area (Å²) in [6, 6.07) is 33.6. The first-order chi connectivity index (χ1) is 27.1. The zero-order chi connectivity index (χ0) is 39.0. The maximum atomic E-state index is 16.5. The number of piperazine rings is 1. The van der Waals surface area contributed by atoms with Gasteiger partial charge in [-0.3, -0.25) is 4.98 Å². The van der Waals surface area contributed by atoms with E-state index in [1.54, 1.807) is 12.3 Å². The number of fused-ring (bicyclic) bond motifs is 1. The van der Waals surface area contributed by atoms with Gasteiger partial charge in [0, 0.05) is 72.4 Å². The summed E-state index contributed by atoms with van der Waals surface area (Å²) in [5.74, 6) is -0.0141. The zero-order valence-corrected chi connectivity index (χ0v) is 34.5. The largest absolute Gasteiger partial charge is 0.406 e. The molecule has 1 atom stereocenters. The predicted molar refractivity (Wildman–Crippen MR) is 229 cm³/mol. The van der Waals surface area contributed by atoms with Gasteiger partial charge in [0.25, 0.3) is 8.32 Å². The average Bonchev–Trinajstić information content (AvgIpc) is 3.98. The Kier molecular flexibility index (Phi) is 10.5. The molecule has 2 aliphatic rings. The van der Waals surface area contributed by atoms with E-state index < -0.39 is 8.32 Å². The molecule has 1 saturated heterocycles. The first-order valence-corrected chi connectivity index (χ1v) is 22.3. The molecule has 11 heteroatoms. The van der Waals surface area contributed by atoms with E-state index in [0.717, 1.165) is 59.6 Å². The number of anilines is 3. The van der Waals surface area contributed by atoms with Crippen molar-refractivity contribution in [2.24, 2.45) is 0 Å². The summed E-state index contributed by atoms with van der Waals surface area (Å²) in [5, 5.41) is 17.6. The van der Waals surface area contributed by atoms with Gasteiger partial charge in [0.2, 0.25) is 0 Å². The Hall–Kier alpha value is -4.99. The van der Waals surface area contributed by atoms with Crippen LogP contribution < -0.4 is 25.5 Å². The number of hydrogen-bond acceptors (Lipinski definition) is 9. The molecule has 8 rings (SSSR count). The maximum Gasteiger partial charge on any atom is 0.261 e. The Morgan fingerprint density at radius 2 is 1.71 bits per heavy atom. The zero-order valence-electron chi connectivity index (χ0n) is 32.7. The number of nitriles is 1. The molecule has 1 aliphatic heterocycles. The van der Waals surface area contributed by atoms with Crippen LogP contribution in [0, 0.1) is 24.1 Å². The minimum absolute atomic E-state index is 0.0283. The number of nitrogens with one attached hydrogen (secondary N) is 1. The first kappa shape index (κ1) is 37.9. The second-order valence-electron chi connectivity index (χ2n) is 16.0. The van der Waals surface area contributed by atoms with Gasteiger partial charge in [-0.05, 0) is 72.4 Å². The van der Waals surface area contributed by atoms with E-state index in [2.05, 4.69) is 127 Å². The number of benzene rings is 3. The van der Waals surface area contributed by atoms with Gasteiger partial charge in [0.05, 0.1) is 12.3 Å². The number of halogens is 1. The van der Waals surface area contributed by atoms with Gasteiger partial charge in [0.1, 0.15) is 22.2 Å². The first-order valence-electron chi connectivity index (χ1n) is 19.6. The van der Waals surface area contributed by atoms with Gasteiger partial charge in [-0.2, -0.15) is 5.26 Å². The van der Waals surface area contributed by atoms with Crippen molar-refractivity contribution in [1.29, 1.82) is 5.26 Å². The van der Waals surface area contributed by atoms with Crippen LogP contribution in [0.1, 0.15) is 62.7 Å². The maximum absolute atomic E-state index is 16.5. The van der Waals surface area contributed by atoms with Crippen LogP contribution in [-0.4, -0.2) is 62.1 Å². The fourth-order valence-electron chi connectivity index (χ4n) is 8.14. The number of rotatable bonds is 11. The van der Waals surface area contributed by atoms with E-state index in [-0.39, 0.29) is 16.9 Å². The number of aryl methyl sites for hydroxylation is 1. The fourth-order valence-corrected chi connectivity index (χ4v) is 13.7. The summed E-state index contributed by atoms with van der Waals surface area (Å²) in [6.45, 7) is 14.1. The third kappa shape index (κ3) is 7.23. The average molecular weight is 782 g/mol. The second kappa shape index (κ2) is 15.5. The Morgan fingerprint density at radius 1 is 1.00 bits per heavy atom. The van der Waals surface area contributed by atoms with Crippen LogP contribution in [0.3, 0.4) is 0 Å². The monoisotopic (exact) mass is 781 g/mol. The summed E-state index contributed by atoms with van der Waals surface area (Å²) in [5.41, 5.74) is 5.24. The molecule has 56 heavy (non-hydrogen) atoms. The van der Waals surface area contributed by atoms with Crippen molar-refractivity contribution in [2.45, 2.75) is 64.5 Å². The molecular formula is C45H48FN7OSSi. The lowest BCUT2D eigenvalue weighted by molar-refractivity contribution is 0.242. The normalized spacial score (nSPS) is 16.2. The van der Waals surface area contributed by atoms with Crippen LogP contribution in [0.4, 0.5) is 20.9 Å². The Labute approximate surface area is 334 Å². The molecule has 0 radical (unpaired) electrons. The van der Waals surface area contributed by atoms with E-state index in [1.807, 2.05) is 19.1 Å². The van der Waals surface area contributed by atoms with E-state index in [9.17, 15) is 5.26 Å². The number of thiazole rings is 1. The molecule has 3 aromatic carbocycles. The van der Waals surface area contributed by atoms with Gasteiger partial charge in [0.15, 0.2) is 10.9 Å². The molecule has 1 saturated carbocycles. The van der Waals surface area contributed by atoms with Crippen molar-refractivity contribution >= 4 is 57.4 Å². The van der Waals surface area contributed by atoms with Crippen molar-refractivity contribution in [1.82, 2.24) is 20.3 Å². The van der Waals surface area contributed by atoms with E-state index in [1.165, 1.54) is 21.7 Å². The molecule has 1 aliphatic carbocycles. The number of pyridine rings is 2. The number of aromatic nitrogens is 3. The van der Waals surface area contributed by atoms with Crippen molar-refractivity contribution < 1.29 is 8.82 Å². The molecule has 8 nitrogen and oxygen atoms in total. The quantitative estimate of drug-likeness (QED) is 0.131. The number of hydrogen-bond donors (Lipinski definition) is 1. The third-order valence-electron chi connectivity index (χ3n) is 11.1. The van der Waals surface area contributed by atoms with Crippen LogP contribution >= 0.6 is 11.3 Å². The minimum atomic E-state index is -2.74. The minimum Gasteiger partial charge on any atom is -0.406 e. The molecule has 6 aromatic rings. The highest BCUT2D eigenvalue weighted by molar-refractivity contribution is 7.16. The van der Waals surface area contributed by atoms with Crippen LogP contribution in [0.5, 0.6) is 0 Å². The van der Waals surface area contributed by atoms with Crippen LogP contribution in [0.15, 0.2) is 97.2 Å². The topological polar surface area (TPSA) is 90.2 Å². The second-order valence-corrected chi connectivity index (χ2v) is 21.2. The van der Waals surface area contributed by atoms with Crippen LogP contribution in [0.25, 0.3) is 22.2 Å². The molecular weight excluding hydrogens is 734 g/mol. The molecule has 0 spiro atoms. The lowest BCUT2D eigenvalue weighted by atomic mass is 10.1. The summed E-state index contributed by atoms with van der Waals surface area (Å²) in [4.78, 5) is 19.3. The molecule has 0 amide bonds. The van der Waals surface area contributed by atoms with Crippen molar-refractivity contribution in [3.05, 3.63) is 119 Å². The van der Waals surface area contributed by atoms with Gasteiger partial charge in [-0.15, -0.1) is 0 Å². The Morgan fingerprint density at radius 3 is 2.32 bits per heavy atom. The fraction of sp³-hybridized carbons (Fsp3) is 0.333. The molecule has 4 heterocycles. The van der Waals surface area contributed by atoms with E-state index >= 15 is 4.39 Å². The predicted octanol–water partition coefficient (Wildman–Crippen LogP) is 8.46. The lowest BCUT2D eigenvalue weighted by Crippen LogP contribution is -2.68. The summed E-state index contributed by atoms with van der Waals surface area (Å²) in [7, 11) is -2.74. The highest BCUT2D eigenvalue weighted by Crippen LogP contribution is 2.45. The SMILES string of the molecule is CCN(c1nc(-c2ccc(C)nc2)c(C#N)s1)c1cc(C2CC2)nc2c(F)cc(N3CCN[C@H](CO[Si](c4ccccc4)(c4ccccc4)C(C)(C)C)C3)cc12. The lowest BCUT2D eigenvalue weighted by Gasteiger charge is -2.44. The van der Waals surface area contributed by atoms with Gasteiger partial charge < -0.3 is 19.5 Å². The molecule has 0 unspecified atom stereocenters. The molecule has 286 valence electrons. The Bertz CT molecular complexity index is 2330. The van der Waals surface area contributed by atoms with E-state index in [4.69, 9.17) is 14.4 Å². The van der Waals surface area contributed by atoms with Gasteiger partial charge in [-0.1, -0.05) is 92.8 Å². The molecule has 1 N–H and O–H groups in total. The highest BCUT2D eigenvalue weighted by atomic mass is 32.1. The summed E-state index contributed by atoms with van der Waals surface area (Å²) >= 11 is 1.35. The molecule has 0 bridgehead atoms.